The predicted molar refractivity (Wildman–Crippen MR) is 142 cm³/mol. The van der Waals surface area contributed by atoms with Gasteiger partial charge in [-0.3, -0.25) is 0 Å². The van der Waals surface area contributed by atoms with E-state index in [9.17, 15) is 36.2 Å². The van der Waals surface area contributed by atoms with Gasteiger partial charge in [-0.2, -0.15) is 26.3 Å². The summed E-state index contributed by atoms with van der Waals surface area (Å²) < 4.78 is 96.1. The second-order valence-electron chi connectivity index (χ2n) is 8.20. The molecule has 0 aliphatic carbocycles. The van der Waals surface area contributed by atoms with Gasteiger partial charge in [0.1, 0.15) is 23.9 Å². The van der Waals surface area contributed by atoms with Crippen molar-refractivity contribution in [2.75, 3.05) is 26.4 Å². The molecule has 1 atom stereocenters. The van der Waals surface area contributed by atoms with E-state index in [0.29, 0.717) is 11.3 Å². The highest BCUT2D eigenvalue weighted by atomic mass is 127. The summed E-state index contributed by atoms with van der Waals surface area (Å²) in [7, 11) is 0. The third-order valence-electron chi connectivity index (χ3n) is 4.78. The summed E-state index contributed by atoms with van der Waals surface area (Å²) in [6, 6.07) is 8.46. The monoisotopic (exact) mass is 686 g/mol. The zero-order chi connectivity index (χ0) is 29.9. The summed E-state index contributed by atoms with van der Waals surface area (Å²) in [5.74, 6) is 4.22. The molecule has 13 heteroatoms. The molecule has 0 spiro atoms. The molecule has 0 aliphatic heterocycles. The van der Waals surface area contributed by atoms with Crippen molar-refractivity contribution in [2.24, 2.45) is 0 Å². The van der Waals surface area contributed by atoms with Crippen LogP contribution in [-0.4, -0.2) is 56.0 Å². The Morgan fingerprint density at radius 1 is 1.00 bits per heavy atom. The highest BCUT2D eigenvalue weighted by Crippen LogP contribution is 2.27. The molecule has 0 aromatic heterocycles. The number of aliphatic carboxylic acids is 1. The SMILES string of the molecule is CCO[C@@H](Cc1ccc(OCC=C(C)C#Cc2cc(OCC(F)(F)F)cc(OCC(F)(F)F)c2)c(I)c1)C(=O)O. The molecule has 0 radical (unpaired) electrons. The number of benzene rings is 2. The molecule has 0 amide bonds. The van der Waals surface area contributed by atoms with E-state index in [-0.39, 0.29) is 36.7 Å². The Hall–Kier alpha value is -3.12. The first-order chi connectivity index (χ1) is 18.6. The molecule has 0 aliphatic rings. The van der Waals surface area contributed by atoms with Crippen molar-refractivity contribution in [3.63, 3.8) is 0 Å². The van der Waals surface area contributed by atoms with Crippen molar-refractivity contribution in [1.82, 2.24) is 0 Å². The molecule has 0 saturated carbocycles. The molecule has 6 nitrogen and oxygen atoms in total. The molecule has 0 fully saturated rings. The van der Waals surface area contributed by atoms with Crippen molar-refractivity contribution in [3.05, 3.63) is 62.7 Å². The minimum Gasteiger partial charge on any atom is -0.488 e. The average Bonchev–Trinajstić information content (AvgIpc) is 2.85. The lowest BCUT2D eigenvalue weighted by Crippen LogP contribution is -2.26. The average molecular weight is 686 g/mol. The highest BCUT2D eigenvalue weighted by Gasteiger charge is 2.30. The molecular formula is C27H25F6IO6. The fourth-order valence-corrected chi connectivity index (χ4v) is 3.78. The van der Waals surface area contributed by atoms with Crippen LogP contribution >= 0.6 is 22.6 Å². The number of hydrogen-bond donors (Lipinski definition) is 1. The van der Waals surface area contributed by atoms with E-state index in [1.54, 1.807) is 38.1 Å². The van der Waals surface area contributed by atoms with E-state index in [4.69, 9.17) is 9.47 Å². The minimum atomic E-state index is -4.64. The fraction of sp³-hybridized carbons (Fsp3) is 0.370. The van der Waals surface area contributed by atoms with Gasteiger partial charge in [-0.05, 0) is 77.9 Å². The zero-order valence-corrected chi connectivity index (χ0v) is 23.4. The maximum absolute atomic E-state index is 12.5. The van der Waals surface area contributed by atoms with Crippen molar-refractivity contribution >= 4 is 28.6 Å². The topological polar surface area (TPSA) is 74.2 Å². The molecule has 0 bridgehead atoms. The molecule has 218 valence electrons. The molecule has 0 heterocycles. The Morgan fingerprint density at radius 2 is 1.60 bits per heavy atom. The van der Waals surface area contributed by atoms with Crippen LogP contribution in [0.5, 0.6) is 17.2 Å². The number of halogens is 7. The van der Waals surface area contributed by atoms with E-state index in [1.807, 2.05) is 0 Å². The number of allylic oxidation sites excluding steroid dienone is 1. The number of carboxylic acid groups (broad SMARTS) is 1. The van der Waals surface area contributed by atoms with Gasteiger partial charge in [-0.25, -0.2) is 4.79 Å². The predicted octanol–water partition coefficient (Wildman–Crippen LogP) is 6.58. The van der Waals surface area contributed by atoms with Gasteiger partial charge in [-0.15, -0.1) is 0 Å². The molecule has 2 rings (SSSR count). The Bertz CT molecular complexity index is 1210. The van der Waals surface area contributed by atoms with E-state index < -0.39 is 37.6 Å². The lowest BCUT2D eigenvalue weighted by atomic mass is 10.1. The molecule has 40 heavy (non-hydrogen) atoms. The summed E-state index contributed by atoms with van der Waals surface area (Å²) in [5.41, 5.74) is 1.37. The third kappa shape index (κ3) is 12.8. The van der Waals surface area contributed by atoms with Crippen molar-refractivity contribution in [3.8, 4) is 29.1 Å². The molecule has 2 aromatic rings. The lowest BCUT2D eigenvalue weighted by molar-refractivity contribution is -0.154. The summed E-state index contributed by atoms with van der Waals surface area (Å²) in [6.07, 6.45) is -8.41. The summed E-state index contributed by atoms with van der Waals surface area (Å²) >= 11 is 2.06. The number of ether oxygens (including phenoxy) is 4. The van der Waals surface area contributed by atoms with Crippen molar-refractivity contribution in [1.29, 1.82) is 0 Å². The second kappa shape index (κ2) is 15.0. The Kier molecular flexibility index (Phi) is 12.4. The van der Waals surface area contributed by atoms with E-state index >= 15 is 0 Å². The largest absolute Gasteiger partial charge is 0.488 e. The Labute approximate surface area is 240 Å². The smallest absolute Gasteiger partial charge is 0.422 e. The standard InChI is InChI=1S/C27H25F6IO6/c1-3-37-24(25(35)36)13-19-6-7-23(22(34)12-19)38-9-8-17(2)4-5-18-10-20(39-15-26(28,29)30)14-21(11-18)40-16-27(31,32)33/h6-8,10-12,14,24H,3,9,13,15-16H2,1-2H3,(H,35,36)/t24-/m0/s1. The van der Waals surface area contributed by atoms with Crippen LogP contribution in [0, 0.1) is 15.4 Å². The summed E-state index contributed by atoms with van der Waals surface area (Å²) in [4.78, 5) is 11.3. The van der Waals surface area contributed by atoms with Gasteiger partial charge in [0.25, 0.3) is 0 Å². The Balaban J connectivity index is 2.09. The van der Waals surface area contributed by atoms with Gasteiger partial charge < -0.3 is 24.1 Å². The normalized spacial score (nSPS) is 12.8. The van der Waals surface area contributed by atoms with Crippen LogP contribution in [0.15, 0.2) is 48.0 Å². The quantitative estimate of drug-likeness (QED) is 0.155. The summed E-state index contributed by atoms with van der Waals surface area (Å²) in [5, 5.41) is 9.24. The molecular weight excluding hydrogens is 661 g/mol. The van der Waals surface area contributed by atoms with Crippen LogP contribution in [0.2, 0.25) is 0 Å². The zero-order valence-electron chi connectivity index (χ0n) is 21.3. The van der Waals surface area contributed by atoms with Crippen LogP contribution < -0.4 is 14.2 Å². The molecule has 0 unspecified atom stereocenters. The maximum atomic E-state index is 12.5. The lowest BCUT2D eigenvalue weighted by Gasteiger charge is -2.13. The number of alkyl halides is 6. The van der Waals surface area contributed by atoms with Crippen LogP contribution in [0.4, 0.5) is 26.3 Å². The number of carbonyl (C=O) groups is 1. The molecule has 0 saturated heterocycles. The maximum Gasteiger partial charge on any atom is 0.422 e. The molecule has 2 aromatic carbocycles. The number of carboxylic acids is 1. The first kappa shape index (κ1) is 33.1. The summed E-state index contributed by atoms with van der Waals surface area (Å²) in [6.45, 7) is 0.478. The van der Waals surface area contributed by atoms with Crippen LogP contribution in [0.3, 0.4) is 0 Å². The second-order valence-corrected chi connectivity index (χ2v) is 9.36. The van der Waals surface area contributed by atoms with Crippen LogP contribution in [-0.2, 0) is 16.0 Å². The van der Waals surface area contributed by atoms with Gasteiger partial charge in [-0.1, -0.05) is 17.9 Å². The van der Waals surface area contributed by atoms with Gasteiger partial charge in [0.05, 0.1) is 3.57 Å². The first-order valence-electron chi connectivity index (χ1n) is 11.6. The highest BCUT2D eigenvalue weighted by molar-refractivity contribution is 14.1. The first-order valence-corrected chi connectivity index (χ1v) is 12.7. The van der Waals surface area contributed by atoms with Crippen LogP contribution in [0.25, 0.3) is 0 Å². The minimum absolute atomic E-state index is 0.0855. The van der Waals surface area contributed by atoms with Gasteiger partial charge in [0.15, 0.2) is 19.3 Å². The van der Waals surface area contributed by atoms with E-state index in [1.165, 1.54) is 0 Å². The molecule has 1 N–H and O–H groups in total. The van der Waals surface area contributed by atoms with E-state index in [0.717, 1.165) is 27.3 Å². The Morgan fingerprint density at radius 3 is 2.10 bits per heavy atom. The van der Waals surface area contributed by atoms with Crippen molar-refractivity contribution in [2.45, 2.75) is 38.7 Å². The number of rotatable bonds is 12. The van der Waals surface area contributed by atoms with Crippen molar-refractivity contribution < 1.29 is 55.2 Å². The van der Waals surface area contributed by atoms with E-state index in [2.05, 4.69) is 43.9 Å². The van der Waals surface area contributed by atoms with Crippen LogP contribution in [0.1, 0.15) is 25.0 Å². The fourth-order valence-electron chi connectivity index (χ4n) is 3.04. The van der Waals surface area contributed by atoms with Gasteiger partial charge >= 0.3 is 18.3 Å². The number of hydrogen-bond acceptors (Lipinski definition) is 5. The van der Waals surface area contributed by atoms with Gasteiger partial charge in [0, 0.05) is 24.7 Å². The third-order valence-corrected chi connectivity index (χ3v) is 5.62. The van der Waals surface area contributed by atoms with Gasteiger partial charge in [0.2, 0.25) is 0 Å².